The van der Waals surface area contributed by atoms with Crippen LogP contribution in [-0.2, 0) is 30.7 Å². The predicted octanol–water partition coefficient (Wildman–Crippen LogP) is 8.95. The topological polar surface area (TPSA) is 0 Å². The molecule has 0 spiro atoms. The maximum Gasteiger partial charge on any atom is -0.0253 e. The summed E-state index contributed by atoms with van der Waals surface area (Å²) in [7, 11) is 0. The molecule has 0 amide bonds. The van der Waals surface area contributed by atoms with E-state index in [4.69, 9.17) is 0 Å². The average Bonchev–Trinajstić information content (AvgIpc) is 3.43. The zero-order valence-corrected chi connectivity index (χ0v) is 24.5. The van der Waals surface area contributed by atoms with E-state index < -0.39 is 0 Å². The monoisotopic (exact) mass is 544 g/mol. The van der Waals surface area contributed by atoms with Crippen molar-refractivity contribution in [2.24, 2.45) is 11.3 Å². The first-order chi connectivity index (χ1) is 17.3. The van der Waals surface area contributed by atoms with Crippen molar-refractivity contribution in [2.45, 2.75) is 41.0 Å². The van der Waals surface area contributed by atoms with Gasteiger partial charge in [0.2, 0.25) is 0 Å². The molecule has 36 heavy (non-hydrogen) atoms. The quantitative estimate of drug-likeness (QED) is 0.184. The van der Waals surface area contributed by atoms with Crippen LogP contribution in [0.2, 0.25) is 0 Å². The molecular formula is C35H34Zr. The molecule has 2 aliphatic carbocycles. The summed E-state index contributed by atoms with van der Waals surface area (Å²) in [5, 5.41) is 2.69. The van der Waals surface area contributed by atoms with Crippen molar-refractivity contribution in [1.29, 1.82) is 0 Å². The molecule has 0 bridgehead atoms. The van der Waals surface area contributed by atoms with Crippen molar-refractivity contribution in [2.75, 3.05) is 0 Å². The van der Waals surface area contributed by atoms with Crippen molar-refractivity contribution < 1.29 is 24.2 Å². The van der Waals surface area contributed by atoms with Crippen LogP contribution in [-0.4, -0.2) is 3.71 Å². The van der Waals surface area contributed by atoms with Gasteiger partial charge in [-0.05, 0) is 6.42 Å². The summed E-state index contributed by atoms with van der Waals surface area (Å²) >= 11 is 1.46. The van der Waals surface area contributed by atoms with Crippen LogP contribution in [0.4, 0.5) is 0 Å². The zero-order valence-electron chi connectivity index (χ0n) is 22.0. The maximum absolute atomic E-state index is 3.40. The van der Waals surface area contributed by atoms with Gasteiger partial charge in [0, 0.05) is 0 Å². The van der Waals surface area contributed by atoms with Crippen LogP contribution in [0.5, 0.6) is 0 Å². The van der Waals surface area contributed by atoms with Gasteiger partial charge in [0.15, 0.2) is 0 Å². The molecule has 1 unspecified atom stereocenters. The van der Waals surface area contributed by atoms with Gasteiger partial charge >= 0.3 is 86.7 Å². The van der Waals surface area contributed by atoms with Crippen molar-refractivity contribution >= 4 is 14.5 Å². The molecule has 0 fully saturated rings. The number of benzene rings is 4. The largest absolute Gasteiger partial charge is 0.179 e. The number of rotatable bonds is 1. The minimum atomic E-state index is 0.293. The molecule has 0 heterocycles. The molecule has 178 valence electrons. The van der Waals surface area contributed by atoms with Gasteiger partial charge in [0.05, 0.1) is 0 Å². The van der Waals surface area contributed by atoms with Gasteiger partial charge in [-0.2, -0.15) is 41.5 Å². The summed E-state index contributed by atoms with van der Waals surface area (Å²) in [6.45, 7) is 11.1. The van der Waals surface area contributed by atoms with Crippen LogP contribution in [0.3, 0.4) is 0 Å². The third-order valence-corrected chi connectivity index (χ3v) is 7.43. The fourth-order valence-corrected chi connectivity index (χ4v) is 5.64. The van der Waals surface area contributed by atoms with Crippen LogP contribution >= 0.6 is 0 Å². The third-order valence-electron chi connectivity index (χ3n) is 6.67. The molecule has 2 aliphatic rings. The van der Waals surface area contributed by atoms with Crippen molar-refractivity contribution in [3.05, 3.63) is 131 Å². The van der Waals surface area contributed by atoms with Crippen molar-refractivity contribution in [3.8, 4) is 11.1 Å². The summed E-state index contributed by atoms with van der Waals surface area (Å²) in [6.07, 6.45) is 6.76. The molecule has 1 atom stereocenters. The van der Waals surface area contributed by atoms with E-state index in [-0.39, 0.29) is 0 Å². The Bertz CT molecular complexity index is 1380. The summed E-state index contributed by atoms with van der Waals surface area (Å²) < 4.78 is 2.23. The molecule has 0 saturated carbocycles. The summed E-state index contributed by atoms with van der Waals surface area (Å²) in [5.41, 5.74) is 9.96. The Morgan fingerprint density at radius 3 is 2.25 bits per heavy atom. The molecule has 0 saturated heterocycles. The molecule has 0 nitrogen and oxygen atoms in total. The molecule has 0 radical (unpaired) electrons. The Morgan fingerprint density at radius 1 is 0.861 bits per heavy atom. The van der Waals surface area contributed by atoms with Crippen molar-refractivity contribution in [1.82, 2.24) is 0 Å². The van der Waals surface area contributed by atoms with Gasteiger partial charge in [0.1, 0.15) is 0 Å². The molecule has 6 rings (SSSR count). The molecule has 4 aromatic rings. The summed E-state index contributed by atoms with van der Waals surface area (Å²) in [5.74, 6) is 0.518. The Labute approximate surface area is 232 Å². The number of fused-ring (bicyclic) bond motifs is 4. The first-order valence-corrected chi connectivity index (χ1v) is 14.1. The smallest absolute Gasteiger partial charge is 0.0253 e. The Kier molecular flexibility index (Phi) is 8.53. The molecular weight excluding hydrogens is 512 g/mol. The van der Waals surface area contributed by atoms with E-state index in [0.717, 1.165) is 6.42 Å². The Balaban J connectivity index is 0.000000127. The minimum Gasteiger partial charge on any atom is -0.179 e. The second-order valence-electron chi connectivity index (χ2n) is 10.5. The average molecular weight is 546 g/mol. The second kappa shape index (κ2) is 11.6. The SMILES string of the molecule is CC1=[C-]C(C)C=C1C(C)(C)C.[Zr+2]=[CH]c1cccc2ccccc12.[c-]1cccc2c1Cc1ccccc1-2. The van der Waals surface area contributed by atoms with Gasteiger partial charge in [-0.1, -0.05) is 81.3 Å². The normalized spacial score (nSPS) is 15.5. The first kappa shape index (κ1) is 26.4. The fourth-order valence-electron chi connectivity index (χ4n) is 5.02. The fraction of sp³-hybridized carbons (Fsp3) is 0.229. The molecule has 0 N–H and O–H groups in total. The van der Waals surface area contributed by atoms with Gasteiger partial charge < -0.3 is 0 Å². The van der Waals surface area contributed by atoms with E-state index >= 15 is 0 Å². The van der Waals surface area contributed by atoms with E-state index in [1.807, 2.05) is 6.07 Å². The summed E-state index contributed by atoms with van der Waals surface area (Å²) in [4.78, 5) is 0. The molecule has 1 heteroatoms. The Hall–Kier alpha value is -2.63. The molecule has 0 aliphatic heterocycles. The standard InChI is InChI=1S/C13H9.C11H8.C11H17.Zr/c1-3-7-12-10(5-1)9-11-6-2-4-8-13(11)12;1-9-5-4-7-10-6-2-3-8-11(9)10;1-8-6-9(2)10(7-8)11(3,4)5;/h1-5,7-8H,9H2;1-8H;7-8H,1-5H3;/q-1;;-1;+2. The minimum absolute atomic E-state index is 0.293. The van der Waals surface area contributed by atoms with Crippen LogP contribution in [0.15, 0.2) is 102 Å². The first-order valence-electron chi connectivity index (χ1n) is 12.7. The van der Waals surface area contributed by atoms with Gasteiger partial charge in [-0.3, -0.25) is 6.08 Å². The van der Waals surface area contributed by atoms with E-state index in [1.54, 1.807) is 0 Å². The zero-order chi connectivity index (χ0) is 25.7. The molecule has 0 aromatic heterocycles. The number of allylic oxidation sites excluding steroid dienone is 4. The third kappa shape index (κ3) is 6.19. The van der Waals surface area contributed by atoms with Crippen LogP contribution in [0.1, 0.15) is 51.3 Å². The van der Waals surface area contributed by atoms with E-state index in [9.17, 15) is 0 Å². The maximum atomic E-state index is 3.40. The van der Waals surface area contributed by atoms with Crippen LogP contribution in [0, 0.1) is 23.5 Å². The van der Waals surface area contributed by atoms with E-state index in [2.05, 4.69) is 135 Å². The Morgan fingerprint density at radius 2 is 1.56 bits per heavy atom. The number of hydrogen-bond donors (Lipinski definition) is 0. The number of hydrogen-bond acceptors (Lipinski definition) is 0. The van der Waals surface area contributed by atoms with Crippen molar-refractivity contribution in [3.63, 3.8) is 0 Å². The predicted molar refractivity (Wildman–Crippen MR) is 152 cm³/mol. The van der Waals surface area contributed by atoms with E-state index in [1.165, 1.54) is 74.0 Å². The van der Waals surface area contributed by atoms with Gasteiger partial charge in [-0.25, -0.2) is 5.57 Å². The van der Waals surface area contributed by atoms with Crippen LogP contribution in [0.25, 0.3) is 21.9 Å². The van der Waals surface area contributed by atoms with E-state index in [0.29, 0.717) is 11.3 Å². The molecule has 4 aromatic carbocycles. The second-order valence-corrected chi connectivity index (χ2v) is 11.2. The summed E-state index contributed by atoms with van der Waals surface area (Å²) in [6, 6.07) is 33.0. The van der Waals surface area contributed by atoms with Gasteiger partial charge in [0.25, 0.3) is 0 Å². The van der Waals surface area contributed by atoms with Crippen LogP contribution < -0.4 is 0 Å². The van der Waals surface area contributed by atoms with Gasteiger partial charge in [-0.15, -0.1) is 5.56 Å².